The molecule has 2 aromatic heterocycles. The molecule has 80 valence electrons. The monoisotopic (exact) mass is 222 g/mol. The zero-order valence-electron chi connectivity index (χ0n) is 8.96. The van der Waals surface area contributed by atoms with Gasteiger partial charge in [0.15, 0.2) is 0 Å². The van der Waals surface area contributed by atoms with Crippen LogP contribution in [0, 0.1) is 0 Å². The van der Waals surface area contributed by atoms with Crippen LogP contribution < -0.4 is 5.56 Å². The Morgan fingerprint density at radius 3 is 2.93 bits per heavy atom. The highest BCUT2D eigenvalue weighted by Gasteiger charge is 2.13. The van der Waals surface area contributed by atoms with Crippen LogP contribution in [0.2, 0.25) is 0 Å². The van der Waals surface area contributed by atoms with Crippen molar-refractivity contribution >= 4 is 21.6 Å². The van der Waals surface area contributed by atoms with Gasteiger partial charge < -0.3 is 4.98 Å². The fourth-order valence-electron chi connectivity index (χ4n) is 1.84. The van der Waals surface area contributed by atoms with E-state index in [0.29, 0.717) is 0 Å². The Bertz CT molecular complexity index is 527. The Hall–Kier alpha value is -1.16. The number of thiophene rings is 1. The van der Waals surface area contributed by atoms with Crippen LogP contribution in [0.3, 0.4) is 0 Å². The van der Waals surface area contributed by atoms with E-state index in [1.807, 2.05) is 0 Å². The van der Waals surface area contributed by atoms with E-state index in [1.165, 1.54) is 16.8 Å². The minimum atomic E-state index is -0.000556. The van der Waals surface area contributed by atoms with Crippen molar-refractivity contribution in [2.75, 3.05) is 0 Å². The van der Waals surface area contributed by atoms with Gasteiger partial charge in [0.05, 0.1) is 11.7 Å². The summed E-state index contributed by atoms with van der Waals surface area (Å²) < 4.78 is 0. The Morgan fingerprint density at radius 2 is 2.27 bits per heavy atom. The van der Waals surface area contributed by atoms with E-state index >= 15 is 0 Å². The van der Waals surface area contributed by atoms with Crippen molar-refractivity contribution < 1.29 is 0 Å². The zero-order valence-corrected chi connectivity index (χ0v) is 9.78. The van der Waals surface area contributed by atoms with Gasteiger partial charge in [0.1, 0.15) is 4.83 Å². The van der Waals surface area contributed by atoms with Gasteiger partial charge in [-0.2, -0.15) is 0 Å². The van der Waals surface area contributed by atoms with Gasteiger partial charge in [-0.15, -0.1) is 11.3 Å². The molecular formula is C11H14N2OS. The Morgan fingerprint density at radius 1 is 1.47 bits per heavy atom. The van der Waals surface area contributed by atoms with Crippen molar-refractivity contribution in [2.24, 2.45) is 0 Å². The summed E-state index contributed by atoms with van der Waals surface area (Å²) in [6, 6.07) is 0. The number of aromatic nitrogens is 2. The van der Waals surface area contributed by atoms with Gasteiger partial charge in [0.25, 0.3) is 5.56 Å². The van der Waals surface area contributed by atoms with E-state index in [-0.39, 0.29) is 5.56 Å². The fourth-order valence-corrected chi connectivity index (χ4v) is 2.97. The standard InChI is InChI=1S/C11H14N2OS/c1-3-5-7-8(4-2)15-11-9(7)10(14)12-6-13-11/h6H,3-5H2,1-2H3,(H,12,13,14). The van der Waals surface area contributed by atoms with Gasteiger partial charge in [-0.05, 0) is 18.4 Å². The minimum absolute atomic E-state index is 0.000556. The first-order valence-corrected chi connectivity index (χ1v) is 6.07. The largest absolute Gasteiger partial charge is 0.313 e. The lowest BCUT2D eigenvalue weighted by Gasteiger charge is -1.98. The number of aryl methyl sites for hydroxylation is 2. The van der Waals surface area contributed by atoms with Crippen LogP contribution in [0.4, 0.5) is 0 Å². The first-order valence-electron chi connectivity index (χ1n) is 5.25. The Labute approximate surface area is 92.2 Å². The van der Waals surface area contributed by atoms with Crippen LogP contribution >= 0.6 is 11.3 Å². The zero-order chi connectivity index (χ0) is 10.8. The molecule has 1 N–H and O–H groups in total. The maximum absolute atomic E-state index is 11.7. The van der Waals surface area contributed by atoms with Gasteiger partial charge in [-0.25, -0.2) is 4.98 Å². The van der Waals surface area contributed by atoms with Crippen molar-refractivity contribution in [2.45, 2.75) is 33.1 Å². The van der Waals surface area contributed by atoms with Crippen molar-refractivity contribution in [3.05, 3.63) is 27.1 Å². The van der Waals surface area contributed by atoms with Crippen molar-refractivity contribution in [3.63, 3.8) is 0 Å². The van der Waals surface area contributed by atoms with Gasteiger partial charge in [-0.3, -0.25) is 4.79 Å². The molecule has 0 radical (unpaired) electrons. The molecule has 0 unspecified atom stereocenters. The first kappa shape index (κ1) is 10.4. The highest BCUT2D eigenvalue weighted by Crippen LogP contribution is 2.28. The number of hydrogen-bond donors (Lipinski definition) is 1. The predicted octanol–water partition coefficient (Wildman–Crippen LogP) is 2.50. The predicted molar refractivity (Wildman–Crippen MR) is 63.6 cm³/mol. The van der Waals surface area contributed by atoms with Gasteiger partial charge in [0, 0.05) is 4.88 Å². The molecule has 0 amide bonds. The van der Waals surface area contributed by atoms with Gasteiger partial charge in [0.2, 0.25) is 0 Å². The second-order valence-corrected chi connectivity index (χ2v) is 4.60. The molecule has 3 nitrogen and oxygen atoms in total. The maximum atomic E-state index is 11.7. The summed E-state index contributed by atoms with van der Waals surface area (Å²) in [6.45, 7) is 4.26. The number of nitrogens with one attached hydrogen (secondary N) is 1. The number of rotatable bonds is 3. The van der Waals surface area contributed by atoms with Crippen LogP contribution in [0.15, 0.2) is 11.1 Å². The smallest absolute Gasteiger partial charge is 0.259 e. The highest BCUT2D eigenvalue weighted by atomic mass is 32.1. The second-order valence-electron chi connectivity index (χ2n) is 3.52. The number of nitrogens with zero attached hydrogens (tertiary/aromatic N) is 1. The summed E-state index contributed by atoms with van der Waals surface area (Å²) in [5.41, 5.74) is 1.20. The molecule has 15 heavy (non-hydrogen) atoms. The SMILES string of the molecule is CCCc1c(CC)sc2nc[nH]c(=O)c12. The summed E-state index contributed by atoms with van der Waals surface area (Å²) in [4.78, 5) is 20.8. The van der Waals surface area contributed by atoms with Crippen LogP contribution in [-0.4, -0.2) is 9.97 Å². The van der Waals surface area contributed by atoms with Crippen LogP contribution in [0.1, 0.15) is 30.7 Å². The molecule has 0 saturated heterocycles. The first-order chi connectivity index (χ1) is 7.27. The lowest BCUT2D eigenvalue weighted by molar-refractivity contribution is 0.915. The molecule has 0 aliphatic rings. The Kier molecular flexibility index (Phi) is 2.86. The van der Waals surface area contributed by atoms with E-state index in [0.717, 1.165) is 29.5 Å². The van der Waals surface area contributed by atoms with Crippen LogP contribution in [0.5, 0.6) is 0 Å². The molecule has 4 heteroatoms. The number of H-pyrrole nitrogens is 1. The van der Waals surface area contributed by atoms with Crippen LogP contribution in [0.25, 0.3) is 10.2 Å². The lowest BCUT2D eigenvalue weighted by Crippen LogP contribution is -2.06. The third-order valence-electron chi connectivity index (χ3n) is 2.50. The van der Waals surface area contributed by atoms with E-state index in [4.69, 9.17) is 0 Å². The van der Waals surface area contributed by atoms with E-state index in [2.05, 4.69) is 23.8 Å². The molecule has 0 atom stereocenters. The summed E-state index contributed by atoms with van der Waals surface area (Å²) in [7, 11) is 0. The fraction of sp³-hybridized carbons (Fsp3) is 0.455. The van der Waals surface area contributed by atoms with E-state index in [9.17, 15) is 4.79 Å². The quantitative estimate of drug-likeness (QED) is 0.867. The van der Waals surface area contributed by atoms with Gasteiger partial charge >= 0.3 is 0 Å². The molecule has 0 spiro atoms. The van der Waals surface area contributed by atoms with Crippen molar-refractivity contribution in [1.29, 1.82) is 0 Å². The summed E-state index contributed by atoms with van der Waals surface area (Å²) in [6.07, 6.45) is 4.50. The minimum Gasteiger partial charge on any atom is -0.313 e. The lowest BCUT2D eigenvalue weighted by atomic mass is 10.1. The molecule has 0 fully saturated rings. The maximum Gasteiger partial charge on any atom is 0.259 e. The van der Waals surface area contributed by atoms with Crippen LogP contribution in [-0.2, 0) is 12.8 Å². The molecule has 0 saturated carbocycles. The topological polar surface area (TPSA) is 45.8 Å². The molecule has 2 aromatic rings. The molecule has 0 aliphatic carbocycles. The molecule has 0 bridgehead atoms. The number of aromatic amines is 1. The Balaban J connectivity index is 2.76. The molecule has 0 aromatic carbocycles. The average Bonchev–Trinajstić information content (AvgIpc) is 2.58. The number of hydrogen-bond acceptors (Lipinski definition) is 3. The average molecular weight is 222 g/mol. The summed E-state index contributed by atoms with van der Waals surface area (Å²) in [5.74, 6) is 0. The highest BCUT2D eigenvalue weighted by molar-refractivity contribution is 7.18. The summed E-state index contributed by atoms with van der Waals surface area (Å²) in [5, 5.41) is 0.807. The third kappa shape index (κ3) is 1.69. The molecule has 0 aliphatic heterocycles. The van der Waals surface area contributed by atoms with E-state index < -0.39 is 0 Å². The summed E-state index contributed by atoms with van der Waals surface area (Å²) >= 11 is 1.65. The molecule has 2 heterocycles. The third-order valence-corrected chi connectivity index (χ3v) is 3.78. The molecular weight excluding hydrogens is 208 g/mol. The van der Waals surface area contributed by atoms with Crippen molar-refractivity contribution in [1.82, 2.24) is 9.97 Å². The normalized spacial score (nSPS) is 11.1. The molecule has 2 rings (SSSR count). The van der Waals surface area contributed by atoms with Crippen molar-refractivity contribution in [3.8, 4) is 0 Å². The van der Waals surface area contributed by atoms with E-state index in [1.54, 1.807) is 11.3 Å². The number of fused-ring (bicyclic) bond motifs is 1. The van der Waals surface area contributed by atoms with Gasteiger partial charge in [-0.1, -0.05) is 20.3 Å². The second kappa shape index (κ2) is 4.14.